The predicted octanol–water partition coefficient (Wildman–Crippen LogP) is 2.07. The Morgan fingerprint density at radius 1 is 1.29 bits per heavy atom. The van der Waals surface area contributed by atoms with Gasteiger partial charge in [-0.1, -0.05) is 20.3 Å². The molecule has 1 aliphatic carbocycles. The van der Waals surface area contributed by atoms with E-state index in [0.29, 0.717) is 0 Å². The third-order valence-corrected chi connectivity index (χ3v) is 4.68. The average molecular weight is 238 g/mol. The molecule has 0 aromatic carbocycles. The van der Waals surface area contributed by atoms with E-state index >= 15 is 0 Å². The van der Waals surface area contributed by atoms with E-state index in [2.05, 4.69) is 31.4 Å². The SMILES string of the molecule is CC1(CNC(=O)C2CCCC2(C)C)CCCN1. The molecule has 3 heteroatoms. The molecule has 0 aromatic rings. The van der Waals surface area contributed by atoms with Gasteiger partial charge in [0.05, 0.1) is 0 Å². The maximum absolute atomic E-state index is 12.2. The molecule has 2 aliphatic rings. The molecule has 1 amide bonds. The molecule has 0 spiro atoms. The van der Waals surface area contributed by atoms with Crippen LogP contribution in [0.15, 0.2) is 0 Å². The van der Waals surface area contributed by atoms with Crippen LogP contribution in [0.5, 0.6) is 0 Å². The molecule has 1 saturated heterocycles. The zero-order valence-corrected chi connectivity index (χ0v) is 11.4. The lowest BCUT2D eigenvalue weighted by atomic mass is 9.81. The minimum atomic E-state index is 0.123. The Labute approximate surface area is 105 Å². The van der Waals surface area contributed by atoms with Crippen LogP contribution in [0, 0.1) is 11.3 Å². The zero-order chi connectivity index (χ0) is 12.5. The highest BCUT2D eigenvalue weighted by Gasteiger charge is 2.39. The Morgan fingerprint density at radius 3 is 2.59 bits per heavy atom. The molecular weight excluding hydrogens is 212 g/mol. The van der Waals surface area contributed by atoms with Gasteiger partial charge in [0.1, 0.15) is 0 Å². The topological polar surface area (TPSA) is 41.1 Å². The summed E-state index contributed by atoms with van der Waals surface area (Å²) in [7, 11) is 0. The van der Waals surface area contributed by atoms with Crippen LogP contribution >= 0.6 is 0 Å². The fraction of sp³-hybridized carbons (Fsp3) is 0.929. The summed E-state index contributed by atoms with van der Waals surface area (Å²) in [6.45, 7) is 8.51. The maximum atomic E-state index is 12.2. The summed E-state index contributed by atoms with van der Waals surface area (Å²) in [5.41, 5.74) is 0.312. The van der Waals surface area contributed by atoms with E-state index in [9.17, 15) is 4.79 Å². The number of hydrogen-bond donors (Lipinski definition) is 2. The molecule has 0 bridgehead atoms. The number of carbonyl (C=O) groups excluding carboxylic acids is 1. The van der Waals surface area contributed by atoms with Crippen molar-refractivity contribution in [2.24, 2.45) is 11.3 Å². The molecule has 2 fully saturated rings. The van der Waals surface area contributed by atoms with Gasteiger partial charge < -0.3 is 10.6 Å². The number of hydrogen-bond acceptors (Lipinski definition) is 2. The quantitative estimate of drug-likeness (QED) is 0.790. The van der Waals surface area contributed by atoms with Gasteiger partial charge in [0.15, 0.2) is 0 Å². The highest BCUT2D eigenvalue weighted by Crippen LogP contribution is 2.42. The van der Waals surface area contributed by atoms with E-state index in [-0.39, 0.29) is 22.8 Å². The van der Waals surface area contributed by atoms with Gasteiger partial charge in [-0.3, -0.25) is 4.79 Å². The standard InChI is InChI=1S/C14H26N2O/c1-13(2)7-4-6-11(13)12(17)15-10-14(3)8-5-9-16-14/h11,16H,4-10H2,1-3H3,(H,15,17). The van der Waals surface area contributed by atoms with Gasteiger partial charge in [0.2, 0.25) is 5.91 Å². The van der Waals surface area contributed by atoms with Crippen LogP contribution in [0.4, 0.5) is 0 Å². The van der Waals surface area contributed by atoms with Crippen LogP contribution in [0.3, 0.4) is 0 Å². The normalized spacial score (nSPS) is 36.1. The highest BCUT2D eigenvalue weighted by atomic mass is 16.1. The third kappa shape index (κ3) is 2.82. The minimum absolute atomic E-state index is 0.123. The van der Waals surface area contributed by atoms with Gasteiger partial charge >= 0.3 is 0 Å². The van der Waals surface area contributed by atoms with Crippen molar-refractivity contribution in [1.82, 2.24) is 10.6 Å². The molecule has 3 nitrogen and oxygen atoms in total. The summed E-state index contributed by atoms with van der Waals surface area (Å²) in [4.78, 5) is 12.2. The minimum Gasteiger partial charge on any atom is -0.354 e. The van der Waals surface area contributed by atoms with E-state index in [4.69, 9.17) is 0 Å². The van der Waals surface area contributed by atoms with Crippen LogP contribution in [0.1, 0.15) is 52.9 Å². The van der Waals surface area contributed by atoms with Gasteiger partial charge in [-0.2, -0.15) is 0 Å². The first-order valence-electron chi connectivity index (χ1n) is 6.96. The summed E-state index contributed by atoms with van der Waals surface area (Å²) >= 11 is 0. The Bertz CT molecular complexity index is 293. The summed E-state index contributed by atoms with van der Waals surface area (Å²) < 4.78 is 0. The van der Waals surface area contributed by atoms with Crippen molar-refractivity contribution in [3.8, 4) is 0 Å². The van der Waals surface area contributed by atoms with E-state index in [0.717, 1.165) is 19.5 Å². The first-order chi connectivity index (χ1) is 7.93. The van der Waals surface area contributed by atoms with Crippen molar-refractivity contribution < 1.29 is 4.79 Å². The Kier molecular flexibility index (Phi) is 3.48. The summed E-state index contributed by atoms with van der Waals surface area (Å²) in [6, 6.07) is 0. The smallest absolute Gasteiger partial charge is 0.223 e. The Morgan fingerprint density at radius 2 is 2.06 bits per heavy atom. The molecule has 2 atom stereocenters. The summed E-state index contributed by atoms with van der Waals surface area (Å²) in [6.07, 6.45) is 5.83. The number of amides is 1. The van der Waals surface area contributed by atoms with Crippen molar-refractivity contribution in [1.29, 1.82) is 0 Å². The molecule has 1 heterocycles. The second-order valence-corrected chi connectivity index (χ2v) is 6.74. The highest BCUT2D eigenvalue weighted by molar-refractivity contribution is 5.79. The van der Waals surface area contributed by atoms with Crippen LogP contribution < -0.4 is 10.6 Å². The molecular formula is C14H26N2O. The van der Waals surface area contributed by atoms with Gasteiger partial charge in [-0.05, 0) is 44.6 Å². The van der Waals surface area contributed by atoms with Gasteiger partial charge in [0.25, 0.3) is 0 Å². The molecule has 1 aliphatic heterocycles. The molecule has 0 radical (unpaired) electrons. The van der Waals surface area contributed by atoms with E-state index in [1.807, 2.05) is 0 Å². The summed E-state index contributed by atoms with van der Waals surface area (Å²) in [5.74, 6) is 0.481. The molecule has 2 rings (SSSR count). The van der Waals surface area contributed by atoms with E-state index in [1.165, 1.54) is 25.7 Å². The first-order valence-corrected chi connectivity index (χ1v) is 6.96. The van der Waals surface area contributed by atoms with Crippen molar-refractivity contribution in [3.05, 3.63) is 0 Å². The van der Waals surface area contributed by atoms with Gasteiger partial charge in [-0.25, -0.2) is 0 Å². The first kappa shape index (κ1) is 12.9. The number of nitrogens with one attached hydrogen (secondary N) is 2. The number of carbonyl (C=O) groups is 1. The number of rotatable bonds is 3. The fourth-order valence-corrected chi connectivity index (χ4v) is 3.33. The molecule has 17 heavy (non-hydrogen) atoms. The van der Waals surface area contributed by atoms with Crippen LogP contribution in [0.2, 0.25) is 0 Å². The van der Waals surface area contributed by atoms with Crippen LogP contribution in [-0.2, 0) is 4.79 Å². The Balaban J connectivity index is 1.85. The van der Waals surface area contributed by atoms with E-state index in [1.54, 1.807) is 0 Å². The van der Waals surface area contributed by atoms with Gasteiger partial charge in [-0.15, -0.1) is 0 Å². The Hall–Kier alpha value is -0.570. The molecule has 98 valence electrons. The lowest BCUT2D eigenvalue weighted by Gasteiger charge is -2.29. The van der Waals surface area contributed by atoms with Crippen LogP contribution in [0.25, 0.3) is 0 Å². The molecule has 1 saturated carbocycles. The molecule has 2 unspecified atom stereocenters. The third-order valence-electron chi connectivity index (χ3n) is 4.68. The second-order valence-electron chi connectivity index (χ2n) is 6.74. The zero-order valence-electron chi connectivity index (χ0n) is 11.4. The molecule has 0 aromatic heterocycles. The monoisotopic (exact) mass is 238 g/mol. The predicted molar refractivity (Wildman–Crippen MR) is 69.8 cm³/mol. The van der Waals surface area contributed by atoms with Crippen molar-refractivity contribution in [3.63, 3.8) is 0 Å². The van der Waals surface area contributed by atoms with Gasteiger partial charge in [0, 0.05) is 18.0 Å². The van der Waals surface area contributed by atoms with E-state index < -0.39 is 0 Å². The van der Waals surface area contributed by atoms with Crippen molar-refractivity contribution in [2.45, 2.75) is 58.4 Å². The van der Waals surface area contributed by atoms with Crippen molar-refractivity contribution in [2.75, 3.05) is 13.1 Å². The lowest BCUT2D eigenvalue weighted by Crippen LogP contribution is -2.49. The summed E-state index contributed by atoms with van der Waals surface area (Å²) in [5, 5.41) is 6.65. The lowest BCUT2D eigenvalue weighted by molar-refractivity contribution is -0.127. The maximum Gasteiger partial charge on any atom is 0.223 e. The molecule has 2 N–H and O–H groups in total. The van der Waals surface area contributed by atoms with Crippen LogP contribution in [-0.4, -0.2) is 24.5 Å². The largest absolute Gasteiger partial charge is 0.354 e. The average Bonchev–Trinajstić information content (AvgIpc) is 2.82. The second kappa shape index (κ2) is 4.60. The fourth-order valence-electron chi connectivity index (χ4n) is 3.33. The van der Waals surface area contributed by atoms with Crippen molar-refractivity contribution >= 4 is 5.91 Å².